The van der Waals surface area contributed by atoms with Crippen LogP contribution in [-0.2, 0) is 6.42 Å². The molecule has 0 fully saturated rings. The molecule has 0 aliphatic carbocycles. The van der Waals surface area contributed by atoms with Crippen molar-refractivity contribution in [2.75, 3.05) is 0 Å². The minimum absolute atomic E-state index is 0.600. The Balaban J connectivity index is 2.06. The van der Waals surface area contributed by atoms with Gasteiger partial charge in [-0.15, -0.1) is 0 Å². The first-order valence-electron chi connectivity index (χ1n) is 7.04. The van der Waals surface area contributed by atoms with Gasteiger partial charge in [-0.1, -0.05) is 32.0 Å². The van der Waals surface area contributed by atoms with Crippen LogP contribution >= 0.6 is 0 Å². The van der Waals surface area contributed by atoms with E-state index in [4.69, 9.17) is 4.98 Å². The Morgan fingerprint density at radius 3 is 2.75 bits per heavy atom. The molecule has 1 aromatic carbocycles. The molecule has 0 atom stereocenters. The van der Waals surface area contributed by atoms with Crippen LogP contribution in [0.15, 0.2) is 36.7 Å². The largest absolute Gasteiger partial charge is 0.360 e. The normalized spacial score (nSPS) is 11.4. The van der Waals surface area contributed by atoms with Crippen molar-refractivity contribution in [2.45, 2.75) is 27.2 Å². The molecule has 0 spiro atoms. The van der Waals surface area contributed by atoms with E-state index in [0.29, 0.717) is 5.92 Å². The minimum Gasteiger partial charge on any atom is -0.360 e. The number of rotatable bonds is 3. The quantitative estimate of drug-likeness (QED) is 0.773. The van der Waals surface area contributed by atoms with Crippen LogP contribution in [0.1, 0.15) is 25.2 Å². The molecule has 3 rings (SSSR count). The van der Waals surface area contributed by atoms with E-state index in [1.165, 1.54) is 5.39 Å². The third-order valence-corrected chi connectivity index (χ3v) is 3.46. The highest BCUT2D eigenvalue weighted by atomic mass is 14.8. The molecule has 0 aliphatic heterocycles. The van der Waals surface area contributed by atoms with Crippen LogP contribution in [0.4, 0.5) is 0 Å². The molecule has 0 amide bonds. The number of aryl methyl sites for hydroxylation is 1. The van der Waals surface area contributed by atoms with Crippen molar-refractivity contribution in [1.82, 2.24) is 15.0 Å². The number of hydrogen-bond donors (Lipinski definition) is 1. The maximum absolute atomic E-state index is 4.70. The second-order valence-corrected chi connectivity index (χ2v) is 5.64. The van der Waals surface area contributed by atoms with Crippen LogP contribution in [0.2, 0.25) is 0 Å². The molecule has 20 heavy (non-hydrogen) atoms. The molecule has 2 aromatic heterocycles. The van der Waals surface area contributed by atoms with Gasteiger partial charge in [0.25, 0.3) is 0 Å². The molecule has 0 unspecified atom stereocenters. The van der Waals surface area contributed by atoms with Crippen molar-refractivity contribution in [3.8, 4) is 11.3 Å². The lowest BCUT2D eigenvalue weighted by atomic mass is 10.1. The van der Waals surface area contributed by atoms with Crippen LogP contribution < -0.4 is 0 Å². The average molecular weight is 265 g/mol. The van der Waals surface area contributed by atoms with Crippen molar-refractivity contribution < 1.29 is 0 Å². The lowest BCUT2D eigenvalue weighted by Gasteiger charge is -2.08. The predicted octanol–water partition coefficient (Wildman–Crippen LogP) is 4.13. The van der Waals surface area contributed by atoms with E-state index in [0.717, 1.165) is 34.6 Å². The van der Waals surface area contributed by atoms with Gasteiger partial charge in [-0.25, -0.2) is 0 Å². The lowest BCUT2D eigenvalue weighted by Crippen LogP contribution is -2.01. The SMILES string of the molecule is Cc1nc(CC(C)C)cnc1-c1c[nH]c2ccccc12. The van der Waals surface area contributed by atoms with Gasteiger partial charge >= 0.3 is 0 Å². The molecule has 0 aliphatic rings. The van der Waals surface area contributed by atoms with Gasteiger partial charge in [-0.05, 0) is 25.3 Å². The van der Waals surface area contributed by atoms with Gasteiger partial charge in [0, 0.05) is 28.9 Å². The highest BCUT2D eigenvalue weighted by molar-refractivity contribution is 5.94. The van der Waals surface area contributed by atoms with Crippen LogP contribution in [0.5, 0.6) is 0 Å². The summed E-state index contributed by atoms with van der Waals surface area (Å²) in [6.07, 6.45) is 4.90. The van der Waals surface area contributed by atoms with Crippen LogP contribution in [0.3, 0.4) is 0 Å². The summed E-state index contributed by atoms with van der Waals surface area (Å²) in [6, 6.07) is 8.28. The fourth-order valence-electron chi connectivity index (χ4n) is 2.58. The number of aromatic nitrogens is 3. The Labute approximate surface area is 119 Å². The molecule has 0 saturated carbocycles. The van der Waals surface area contributed by atoms with E-state index in [1.807, 2.05) is 25.4 Å². The third kappa shape index (κ3) is 2.31. The standard InChI is InChI=1S/C17H19N3/c1-11(2)8-13-9-19-17(12(3)20-13)15-10-18-16-7-5-4-6-14(15)16/h4-7,9-11,18H,8H2,1-3H3. The van der Waals surface area contributed by atoms with Crippen molar-refractivity contribution >= 4 is 10.9 Å². The Morgan fingerprint density at radius 1 is 1.20 bits per heavy atom. The molecular weight excluding hydrogens is 246 g/mol. The number of para-hydroxylation sites is 1. The zero-order valence-electron chi connectivity index (χ0n) is 12.1. The fraction of sp³-hybridized carbons (Fsp3) is 0.294. The Hall–Kier alpha value is -2.16. The van der Waals surface area contributed by atoms with Gasteiger partial charge in [0.2, 0.25) is 0 Å². The molecule has 3 nitrogen and oxygen atoms in total. The highest BCUT2D eigenvalue weighted by Crippen LogP contribution is 2.28. The molecular formula is C17H19N3. The number of fused-ring (bicyclic) bond motifs is 1. The number of nitrogens with zero attached hydrogens (tertiary/aromatic N) is 2. The van der Waals surface area contributed by atoms with E-state index in [-0.39, 0.29) is 0 Å². The Morgan fingerprint density at radius 2 is 2.00 bits per heavy atom. The maximum Gasteiger partial charge on any atom is 0.0936 e. The van der Waals surface area contributed by atoms with E-state index >= 15 is 0 Å². The molecule has 0 saturated heterocycles. The molecule has 2 heterocycles. The second kappa shape index (κ2) is 5.08. The lowest BCUT2D eigenvalue weighted by molar-refractivity contribution is 0.632. The first kappa shape index (κ1) is 12.9. The highest BCUT2D eigenvalue weighted by Gasteiger charge is 2.11. The molecule has 0 bridgehead atoms. The summed E-state index contributed by atoms with van der Waals surface area (Å²) in [6.45, 7) is 6.43. The summed E-state index contributed by atoms with van der Waals surface area (Å²) in [7, 11) is 0. The summed E-state index contributed by atoms with van der Waals surface area (Å²) in [5.74, 6) is 0.600. The van der Waals surface area contributed by atoms with E-state index in [9.17, 15) is 0 Å². The van der Waals surface area contributed by atoms with E-state index < -0.39 is 0 Å². The van der Waals surface area contributed by atoms with Crippen molar-refractivity contribution in [2.24, 2.45) is 5.92 Å². The van der Waals surface area contributed by atoms with Crippen molar-refractivity contribution in [3.63, 3.8) is 0 Å². The summed E-state index contributed by atoms with van der Waals surface area (Å²) >= 11 is 0. The molecule has 3 heteroatoms. The number of hydrogen-bond acceptors (Lipinski definition) is 2. The summed E-state index contributed by atoms with van der Waals surface area (Å²) in [5.41, 5.74) is 5.29. The zero-order valence-corrected chi connectivity index (χ0v) is 12.1. The van der Waals surface area contributed by atoms with Gasteiger partial charge in [0.1, 0.15) is 0 Å². The van der Waals surface area contributed by atoms with Crippen molar-refractivity contribution in [3.05, 3.63) is 48.0 Å². The number of nitrogens with one attached hydrogen (secondary N) is 1. The van der Waals surface area contributed by atoms with Crippen LogP contribution in [-0.4, -0.2) is 15.0 Å². The van der Waals surface area contributed by atoms with Gasteiger partial charge in [0.15, 0.2) is 0 Å². The third-order valence-electron chi connectivity index (χ3n) is 3.46. The minimum atomic E-state index is 0.600. The van der Waals surface area contributed by atoms with Gasteiger partial charge < -0.3 is 4.98 Å². The first-order valence-corrected chi connectivity index (χ1v) is 7.04. The van der Waals surface area contributed by atoms with E-state index in [1.54, 1.807) is 0 Å². The molecule has 3 aromatic rings. The molecule has 0 radical (unpaired) electrons. The Kier molecular flexibility index (Phi) is 3.26. The summed E-state index contributed by atoms with van der Waals surface area (Å²) in [5, 5.41) is 1.20. The Bertz CT molecular complexity index is 741. The summed E-state index contributed by atoms with van der Waals surface area (Å²) in [4.78, 5) is 12.6. The smallest absolute Gasteiger partial charge is 0.0936 e. The zero-order chi connectivity index (χ0) is 14.1. The van der Waals surface area contributed by atoms with Gasteiger partial charge in [0.05, 0.1) is 17.1 Å². The number of aromatic amines is 1. The fourth-order valence-corrected chi connectivity index (χ4v) is 2.58. The van der Waals surface area contributed by atoms with Crippen molar-refractivity contribution in [1.29, 1.82) is 0 Å². The van der Waals surface area contributed by atoms with Gasteiger partial charge in [-0.2, -0.15) is 0 Å². The average Bonchev–Trinajstić information content (AvgIpc) is 2.82. The first-order chi connectivity index (χ1) is 9.65. The van der Waals surface area contributed by atoms with Crippen LogP contribution in [0.25, 0.3) is 22.2 Å². The monoisotopic (exact) mass is 265 g/mol. The second-order valence-electron chi connectivity index (χ2n) is 5.64. The number of benzene rings is 1. The maximum atomic E-state index is 4.70. The predicted molar refractivity (Wildman–Crippen MR) is 82.6 cm³/mol. The van der Waals surface area contributed by atoms with Crippen LogP contribution in [0, 0.1) is 12.8 Å². The molecule has 102 valence electrons. The van der Waals surface area contributed by atoms with E-state index in [2.05, 4.69) is 42.0 Å². The summed E-state index contributed by atoms with van der Waals surface area (Å²) < 4.78 is 0. The molecule has 1 N–H and O–H groups in total. The number of H-pyrrole nitrogens is 1. The topological polar surface area (TPSA) is 41.6 Å². The van der Waals surface area contributed by atoms with Gasteiger partial charge in [-0.3, -0.25) is 9.97 Å².